The van der Waals surface area contributed by atoms with E-state index in [9.17, 15) is 4.79 Å². The number of hydrogen-bond acceptors (Lipinski definition) is 6. The SMILES string of the molecule is CC(C)[C@H]1CC[C@@H](C)C[C@H]1OP(=O)(O[C@@H]1C[C@H](C)CC[C@H]1C(C)C)[C@@H](OC(=O)c1ccccc1)c1cccnc1. The first kappa shape index (κ1) is 30.9. The highest BCUT2D eigenvalue weighted by Gasteiger charge is 2.49. The van der Waals surface area contributed by atoms with Crippen molar-refractivity contribution in [3.63, 3.8) is 0 Å². The van der Waals surface area contributed by atoms with E-state index in [-0.39, 0.29) is 24.0 Å². The van der Waals surface area contributed by atoms with Crippen molar-refractivity contribution in [1.82, 2.24) is 4.98 Å². The molecule has 2 saturated carbocycles. The average Bonchev–Trinajstić information content (AvgIpc) is 2.92. The summed E-state index contributed by atoms with van der Waals surface area (Å²) in [4.78, 5) is 17.7. The predicted octanol–water partition coefficient (Wildman–Crippen LogP) is 9.09. The molecule has 4 rings (SSSR count). The van der Waals surface area contributed by atoms with Gasteiger partial charge in [0.15, 0.2) is 0 Å². The first-order chi connectivity index (χ1) is 19.1. The maximum absolute atomic E-state index is 15.4. The van der Waals surface area contributed by atoms with Crippen LogP contribution in [-0.4, -0.2) is 23.2 Å². The molecule has 2 fully saturated rings. The summed E-state index contributed by atoms with van der Waals surface area (Å²) >= 11 is 0. The molecule has 2 aliphatic carbocycles. The molecule has 2 aromatic rings. The number of carbonyl (C=O) groups excluding carboxylic acids is 1. The molecular formula is C33H48NO5P. The van der Waals surface area contributed by atoms with Gasteiger partial charge in [0.25, 0.3) is 0 Å². The number of esters is 1. The van der Waals surface area contributed by atoms with Crippen LogP contribution >= 0.6 is 7.60 Å². The number of carbonyl (C=O) groups is 1. The van der Waals surface area contributed by atoms with Crippen LogP contribution in [0.4, 0.5) is 0 Å². The fourth-order valence-corrected chi connectivity index (χ4v) is 8.82. The van der Waals surface area contributed by atoms with E-state index >= 15 is 4.57 Å². The second-order valence-corrected chi connectivity index (χ2v) is 14.9. The molecule has 0 saturated heterocycles. The fraction of sp³-hybridized carbons (Fsp3) is 0.636. The Hall–Kier alpha value is -2.01. The largest absolute Gasteiger partial charge is 0.441 e. The molecule has 0 spiro atoms. The number of nitrogens with zero attached hydrogens (tertiary/aromatic N) is 1. The molecule has 8 atom stereocenters. The molecule has 0 aliphatic heterocycles. The molecule has 1 unspecified atom stereocenters. The molecular weight excluding hydrogens is 521 g/mol. The summed E-state index contributed by atoms with van der Waals surface area (Å²) in [6.45, 7) is 13.3. The molecule has 1 aromatic carbocycles. The van der Waals surface area contributed by atoms with E-state index in [1.165, 1.54) is 0 Å². The zero-order valence-corrected chi connectivity index (χ0v) is 26.0. The average molecular weight is 570 g/mol. The quantitative estimate of drug-likeness (QED) is 0.210. The van der Waals surface area contributed by atoms with Gasteiger partial charge in [-0.25, -0.2) is 4.79 Å². The highest BCUT2D eigenvalue weighted by Crippen LogP contribution is 2.66. The predicted molar refractivity (Wildman–Crippen MR) is 159 cm³/mol. The van der Waals surface area contributed by atoms with Crippen LogP contribution in [0.5, 0.6) is 0 Å². The van der Waals surface area contributed by atoms with Crippen molar-refractivity contribution in [2.24, 2.45) is 35.5 Å². The molecule has 0 bridgehead atoms. The second-order valence-electron chi connectivity index (χ2n) is 12.9. The zero-order chi connectivity index (χ0) is 28.9. The van der Waals surface area contributed by atoms with E-state index in [1.54, 1.807) is 48.8 Å². The van der Waals surface area contributed by atoms with E-state index in [2.05, 4.69) is 46.5 Å². The Morgan fingerprint density at radius 3 is 1.85 bits per heavy atom. The lowest BCUT2D eigenvalue weighted by atomic mass is 9.75. The first-order valence-electron chi connectivity index (χ1n) is 15.2. The van der Waals surface area contributed by atoms with E-state index in [0.29, 0.717) is 34.8 Å². The van der Waals surface area contributed by atoms with Crippen LogP contribution in [0.3, 0.4) is 0 Å². The van der Waals surface area contributed by atoms with Gasteiger partial charge in [-0.1, -0.05) is 78.6 Å². The van der Waals surface area contributed by atoms with E-state index in [1.807, 2.05) is 6.07 Å². The van der Waals surface area contributed by atoms with Gasteiger partial charge in [0, 0.05) is 18.0 Å². The van der Waals surface area contributed by atoms with Gasteiger partial charge in [-0.05, 0) is 79.4 Å². The van der Waals surface area contributed by atoms with Crippen LogP contribution in [0.2, 0.25) is 0 Å². The topological polar surface area (TPSA) is 74.7 Å². The van der Waals surface area contributed by atoms with Crippen molar-refractivity contribution in [1.29, 1.82) is 0 Å². The molecule has 2 aliphatic rings. The number of rotatable bonds is 10. The van der Waals surface area contributed by atoms with Crippen molar-refractivity contribution in [3.05, 3.63) is 66.0 Å². The third kappa shape index (κ3) is 7.63. The molecule has 6 nitrogen and oxygen atoms in total. The molecule has 220 valence electrons. The minimum Gasteiger partial charge on any atom is -0.441 e. The van der Waals surface area contributed by atoms with Crippen molar-refractivity contribution in [2.45, 2.75) is 98.1 Å². The van der Waals surface area contributed by atoms with Gasteiger partial charge in [0.1, 0.15) is 0 Å². The standard InChI is InChI=1S/C33H48NO5P/c1-22(2)28-16-14-24(5)19-30(28)38-40(36,39-31-20-25(6)15-17-29(31)23(3)4)33(27-13-10-18-34-21-27)37-32(35)26-11-8-7-9-12-26/h7-13,18,21-25,28-31,33H,14-17,19-20H2,1-6H3/t24-,25-,28-,29+,30-,31-,33-,40?/m1/s1. The van der Waals surface area contributed by atoms with Crippen LogP contribution < -0.4 is 0 Å². The third-order valence-electron chi connectivity index (χ3n) is 8.97. The van der Waals surface area contributed by atoms with Gasteiger partial charge in [-0.2, -0.15) is 0 Å². The second kappa shape index (κ2) is 13.8. The third-order valence-corrected chi connectivity index (χ3v) is 11.1. The molecule has 0 radical (unpaired) electrons. The van der Waals surface area contributed by atoms with Gasteiger partial charge in [-0.15, -0.1) is 0 Å². The van der Waals surface area contributed by atoms with Crippen LogP contribution in [0.25, 0.3) is 0 Å². The van der Waals surface area contributed by atoms with E-state index in [4.69, 9.17) is 13.8 Å². The lowest BCUT2D eigenvalue weighted by Crippen LogP contribution is -2.37. The number of ether oxygens (including phenoxy) is 1. The number of benzene rings is 1. The molecule has 40 heavy (non-hydrogen) atoms. The van der Waals surface area contributed by atoms with Crippen molar-refractivity contribution in [3.8, 4) is 0 Å². The van der Waals surface area contributed by atoms with Crippen LogP contribution in [0.15, 0.2) is 54.9 Å². The van der Waals surface area contributed by atoms with Crippen LogP contribution in [-0.2, 0) is 18.3 Å². The maximum atomic E-state index is 15.4. The van der Waals surface area contributed by atoms with Crippen molar-refractivity contribution >= 4 is 13.6 Å². The lowest BCUT2D eigenvalue weighted by Gasteiger charge is -2.43. The molecule has 7 heteroatoms. The van der Waals surface area contributed by atoms with Crippen LogP contribution in [0, 0.1) is 35.5 Å². The number of pyridine rings is 1. The normalized spacial score (nSPS) is 29.6. The van der Waals surface area contributed by atoms with Gasteiger partial charge < -0.3 is 13.8 Å². The molecule has 1 heterocycles. The highest BCUT2D eigenvalue weighted by molar-refractivity contribution is 7.54. The highest BCUT2D eigenvalue weighted by atomic mass is 31.2. The Morgan fingerprint density at radius 2 is 1.38 bits per heavy atom. The van der Waals surface area contributed by atoms with Crippen molar-refractivity contribution < 1.29 is 23.1 Å². The summed E-state index contributed by atoms with van der Waals surface area (Å²) in [5.41, 5.74) is 0.908. The minimum absolute atomic E-state index is 0.248. The Kier molecular flexibility index (Phi) is 10.6. The zero-order valence-electron chi connectivity index (χ0n) is 25.1. The van der Waals surface area contributed by atoms with E-state index in [0.717, 1.165) is 38.5 Å². The van der Waals surface area contributed by atoms with Gasteiger partial charge in [0.05, 0.1) is 17.8 Å². The maximum Gasteiger partial charge on any atom is 0.376 e. The monoisotopic (exact) mass is 569 g/mol. The summed E-state index contributed by atoms with van der Waals surface area (Å²) in [5, 5.41) is 0. The van der Waals surface area contributed by atoms with Gasteiger partial charge >= 0.3 is 13.6 Å². The van der Waals surface area contributed by atoms with E-state index < -0.39 is 19.4 Å². The number of hydrogen-bond donors (Lipinski definition) is 0. The van der Waals surface area contributed by atoms with Crippen LogP contribution in [0.1, 0.15) is 102 Å². The molecule has 0 N–H and O–H groups in total. The van der Waals surface area contributed by atoms with Gasteiger partial charge in [-0.3, -0.25) is 9.55 Å². The Morgan fingerprint density at radius 1 is 0.825 bits per heavy atom. The molecule has 0 amide bonds. The Labute approximate surface area is 241 Å². The van der Waals surface area contributed by atoms with Crippen molar-refractivity contribution in [2.75, 3.05) is 0 Å². The lowest BCUT2D eigenvalue weighted by molar-refractivity contribution is -0.0207. The summed E-state index contributed by atoms with van der Waals surface area (Å²) < 4.78 is 35.1. The van der Waals surface area contributed by atoms with Gasteiger partial charge in [0.2, 0.25) is 5.85 Å². The smallest absolute Gasteiger partial charge is 0.376 e. The summed E-state index contributed by atoms with van der Waals surface area (Å²) in [7, 11) is -4.05. The summed E-state index contributed by atoms with van der Waals surface area (Å²) in [6, 6.07) is 12.4. The fourth-order valence-electron chi connectivity index (χ4n) is 6.57. The minimum atomic E-state index is -4.05. The Bertz CT molecular complexity index is 1090. The molecule has 1 aromatic heterocycles. The Balaban J connectivity index is 1.77. The first-order valence-corrected chi connectivity index (χ1v) is 16.8. The summed E-state index contributed by atoms with van der Waals surface area (Å²) in [6.07, 6.45) is 8.65. The number of aromatic nitrogens is 1. The summed E-state index contributed by atoms with van der Waals surface area (Å²) in [5.74, 6) is 0.365.